The van der Waals surface area contributed by atoms with E-state index in [2.05, 4.69) is 21.2 Å². The fourth-order valence-corrected chi connectivity index (χ4v) is 3.26. The predicted molar refractivity (Wildman–Crippen MR) is 106 cm³/mol. The maximum atomic E-state index is 12.2. The molecule has 1 aliphatic heterocycles. The summed E-state index contributed by atoms with van der Waals surface area (Å²) in [4.78, 5) is 37.8. The van der Waals surface area contributed by atoms with Crippen molar-refractivity contribution in [3.63, 3.8) is 0 Å². The third-order valence-electron chi connectivity index (χ3n) is 4.08. The summed E-state index contributed by atoms with van der Waals surface area (Å²) in [5.74, 6) is -1.86. The van der Waals surface area contributed by atoms with Gasteiger partial charge in [-0.2, -0.15) is 0 Å². The Balaban J connectivity index is 1.53. The fourth-order valence-electron chi connectivity index (χ4n) is 2.75. The third kappa shape index (κ3) is 4.87. The Morgan fingerprint density at radius 3 is 2.59 bits per heavy atom. The number of rotatable bonds is 5. The van der Waals surface area contributed by atoms with Gasteiger partial charge in [0.15, 0.2) is 6.61 Å². The Morgan fingerprint density at radius 1 is 1.19 bits per heavy atom. The fraction of sp³-hybridized carbons (Fsp3) is 0.211. The summed E-state index contributed by atoms with van der Waals surface area (Å²) in [6, 6.07) is 14.0. The largest absolute Gasteiger partial charge is 0.455 e. The van der Waals surface area contributed by atoms with E-state index in [-0.39, 0.29) is 18.9 Å². The number of nitrogens with zero attached hydrogens (tertiary/aromatic N) is 1. The lowest BCUT2D eigenvalue weighted by molar-refractivity contribution is -0.151. The molecule has 1 aliphatic rings. The highest BCUT2D eigenvalue weighted by atomic mass is 79.9. The van der Waals surface area contributed by atoms with Gasteiger partial charge < -0.3 is 15.0 Å². The monoisotopic (exact) mass is 450 g/mol. The molecule has 1 atom stereocenters. The van der Waals surface area contributed by atoms with Crippen molar-refractivity contribution in [1.29, 1.82) is 0 Å². The van der Waals surface area contributed by atoms with Crippen LogP contribution in [0.5, 0.6) is 0 Å². The van der Waals surface area contributed by atoms with Gasteiger partial charge in [0.25, 0.3) is 5.91 Å². The summed E-state index contributed by atoms with van der Waals surface area (Å²) in [6.45, 7) is -0.235. The first-order valence-electron chi connectivity index (χ1n) is 8.21. The Kier molecular flexibility index (Phi) is 6.13. The van der Waals surface area contributed by atoms with Crippen LogP contribution in [-0.2, 0) is 19.1 Å². The first-order valence-corrected chi connectivity index (χ1v) is 9.38. The third-order valence-corrected chi connectivity index (χ3v) is 4.92. The van der Waals surface area contributed by atoms with Crippen molar-refractivity contribution in [1.82, 2.24) is 0 Å². The minimum absolute atomic E-state index is 0.0262. The molecule has 6 nitrogen and oxygen atoms in total. The molecule has 0 spiro atoms. The van der Waals surface area contributed by atoms with Gasteiger partial charge in [-0.15, -0.1) is 0 Å². The van der Waals surface area contributed by atoms with Crippen molar-refractivity contribution in [3.8, 4) is 0 Å². The van der Waals surface area contributed by atoms with Crippen LogP contribution in [0.3, 0.4) is 0 Å². The van der Waals surface area contributed by atoms with Crippen LogP contribution in [-0.4, -0.2) is 30.9 Å². The minimum atomic E-state index is -0.630. The number of amides is 2. The topological polar surface area (TPSA) is 75.7 Å². The molecule has 0 radical (unpaired) electrons. The number of halogens is 2. The van der Waals surface area contributed by atoms with Crippen molar-refractivity contribution < 1.29 is 19.1 Å². The van der Waals surface area contributed by atoms with E-state index in [4.69, 9.17) is 16.3 Å². The van der Waals surface area contributed by atoms with Crippen LogP contribution in [0.1, 0.15) is 6.42 Å². The summed E-state index contributed by atoms with van der Waals surface area (Å²) in [7, 11) is 0. The molecule has 0 aliphatic carbocycles. The van der Waals surface area contributed by atoms with E-state index in [1.807, 2.05) is 0 Å². The maximum absolute atomic E-state index is 12.2. The average molecular weight is 452 g/mol. The normalized spacial score (nSPS) is 16.3. The molecule has 0 saturated carbocycles. The minimum Gasteiger partial charge on any atom is -0.455 e. The zero-order chi connectivity index (χ0) is 19.4. The molecule has 0 aromatic heterocycles. The molecule has 140 valence electrons. The highest BCUT2D eigenvalue weighted by Gasteiger charge is 2.37. The van der Waals surface area contributed by atoms with Crippen LogP contribution < -0.4 is 10.2 Å². The molecule has 3 rings (SSSR count). The van der Waals surface area contributed by atoms with E-state index in [1.54, 1.807) is 48.5 Å². The maximum Gasteiger partial charge on any atom is 0.311 e. The second-order valence-electron chi connectivity index (χ2n) is 6.02. The van der Waals surface area contributed by atoms with Crippen LogP contribution in [0.4, 0.5) is 11.4 Å². The van der Waals surface area contributed by atoms with E-state index in [1.165, 1.54) is 4.90 Å². The molecular formula is C19H16BrClN2O4. The van der Waals surface area contributed by atoms with Gasteiger partial charge in [0, 0.05) is 23.1 Å². The van der Waals surface area contributed by atoms with Gasteiger partial charge in [0.1, 0.15) is 0 Å². The van der Waals surface area contributed by atoms with Gasteiger partial charge in [0.2, 0.25) is 5.91 Å². The van der Waals surface area contributed by atoms with Crippen molar-refractivity contribution >= 4 is 56.7 Å². The zero-order valence-electron chi connectivity index (χ0n) is 14.2. The molecule has 27 heavy (non-hydrogen) atoms. The Morgan fingerprint density at radius 2 is 1.89 bits per heavy atom. The molecule has 2 aromatic carbocycles. The molecule has 1 heterocycles. The molecule has 8 heteroatoms. The van der Waals surface area contributed by atoms with Crippen LogP contribution >= 0.6 is 27.5 Å². The van der Waals surface area contributed by atoms with E-state index < -0.39 is 24.4 Å². The molecule has 2 amide bonds. The number of nitrogens with one attached hydrogen (secondary N) is 1. The average Bonchev–Trinajstić information content (AvgIpc) is 3.04. The smallest absolute Gasteiger partial charge is 0.311 e. The van der Waals surface area contributed by atoms with E-state index in [0.29, 0.717) is 16.4 Å². The second-order valence-corrected chi connectivity index (χ2v) is 7.34. The molecule has 2 aromatic rings. The summed E-state index contributed by atoms with van der Waals surface area (Å²) in [6.07, 6.45) is 0.0262. The summed E-state index contributed by atoms with van der Waals surface area (Å²) >= 11 is 9.43. The predicted octanol–water partition coefficient (Wildman–Crippen LogP) is 3.64. The van der Waals surface area contributed by atoms with E-state index in [0.717, 1.165) is 4.47 Å². The highest BCUT2D eigenvalue weighted by Crippen LogP contribution is 2.31. The summed E-state index contributed by atoms with van der Waals surface area (Å²) in [5, 5.41) is 3.07. The number of hydrogen-bond acceptors (Lipinski definition) is 4. The molecule has 1 fully saturated rings. The molecule has 0 unspecified atom stereocenters. The van der Waals surface area contributed by atoms with Crippen molar-refractivity contribution in [3.05, 3.63) is 58.0 Å². The molecule has 0 bridgehead atoms. The number of benzene rings is 2. The van der Waals surface area contributed by atoms with Crippen LogP contribution in [0.25, 0.3) is 0 Å². The van der Waals surface area contributed by atoms with Gasteiger partial charge in [-0.25, -0.2) is 0 Å². The van der Waals surface area contributed by atoms with Crippen molar-refractivity contribution in [2.45, 2.75) is 6.42 Å². The van der Waals surface area contributed by atoms with Crippen molar-refractivity contribution in [2.24, 2.45) is 5.92 Å². The zero-order valence-corrected chi connectivity index (χ0v) is 16.5. The van der Waals surface area contributed by atoms with Gasteiger partial charge in [0.05, 0.1) is 16.6 Å². The van der Waals surface area contributed by atoms with Crippen LogP contribution in [0.15, 0.2) is 53.0 Å². The Bertz CT molecular complexity index is 872. The van der Waals surface area contributed by atoms with Gasteiger partial charge in [-0.05, 0) is 36.4 Å². The van der Waals surface area contributed by atoms with Gasteiger partial charge in [-0.3, -0.25) is 14.4 Å². The lowest BCUT2D eigenvalue weighted by Gasteiger charge is -2.17. The lowest BCUT2D eigenvalue weighted by atomic mass is 10.1. The van der Waals surface area contributed by atoms with Crippen LogP contribution in [0, 0.1) is 5.92 Å². The van der Waals surface area contributed by atoms with E-state index >= 15 is 0 Å². The first-order chi connectivity index (χ1) is 12.9. The van der Waals surface area contributed by atoms with E-state index in [9.17, 15) is 14.4 Å². The standard InChI is InChI=1S/C19H16BrClN2O4/c20-13-5-7-14(8-6-13)22-17(24)11-27-19(26)12-9-18(25)23(10-12)16-4-2-1-3-15(16)21/h1-8,12H,9-11H2,(H,22,24)/t12-/m1/s1. The number of esters is 1. The quantitative estimate of drug-likeness (QED) is 0.704. The Labute approximate surface area is 169 Å². The highest BCUT2D eigenvalue weighted by molar-refractivity contribution is 9.10. The molecule has 1 N–H and O–H groups in total. The first kappa shape index (κ1) is 19.4. The number of ether oxygens (including phenoxy) is 1. The lowest BCUT2D eigenvalue weighted by Crippen LogP contribution is -2.28. The molecule has 1 saturated heterocycles. The van der Waals surface area contributed by atoms with Gasteiger partial charge in [-0.1, -0.05) is 39.7 Å². The molecular weight excluding hydrogens is 436 g/mol. The number of carbonyl (C=O) groups excluding carboxylic acids is 3. The SMILES string of the molecule is O=C(COC(=O)[C@@H]1CC(=O)N(c2ccccc2Cl)C1)Nc1ccc(Br)cc1. The summed E-state index contributed by atoms with van der Waals surface area (Å²) in [5.41, 5.74) is 1.16. The second kappa shape index (κ2) is 8.54. The number of para-hydroxylation sites is 1. The Hall–Kier alpha value is -2.38. The van der Waals surface area contributed by atoms with Crippen LogP contribution in [0.2, 0.25) is 5.02 Å². The van der Waals surface area contributed by atoms with Crippen molar-refractivity contribution in [2.75, 3.05) is 23.4 Å². The number of carbonyl (C=O) groups is 3. The number of anilines is 2. The summed E-state index contributed by atoms with van der Waals surface area (Å²) < 4.78 is 5.96. The van der Waals surface area contributed by atoms with Gasteiger partial charge >= 0.3 is 5.97 Å². The number of hydrogen-bond donors (Lipinski definition) is 1.